The summed E-state index contributed by atoms with van der Waals surface area (Å²) < 4.78 is 37.3. The van der Waals surface area contributed by atoms with Gasteiger partial charge in [-0.1, -0.05) is 48.4 Å². The van der Waals surface area contributed by atoms with Crippen LogP contribution in [0, 0.1) is 18.2 Å². The summed E-state index contributed by atoms with van der Waals surface area (Å²) in [5, 5.41) is 5.74. The molecule has 6 heterocycles. The number of alkyl halides is 1. The number of nitrogens with zero attached hydrogens (tertiary/aromatic N) is 5. The summed E-state index contributed by atoms with van der Waals surface area (Å²) in [6, 6.07) is 11.8. The second-order valence-electron chi connectivity index (χ2n) is 11.9. The van der Waals surface area contributed by atoms with E-state index in [1.165, 1.54) is 0 Å². The molecule has 2 aromatic carbocycles. The zero-order valence-electron chi connectivity index (χ0n) is 23.1. The standard InChI is InChI=1S/C33H30F2N6O/c1-2-20-6-3-7-21-8-4-9-25(27(20)21)29-28(35)30-26(15-36-29)31(40-17-23-10-11-24(18-40)37-23)39-32(38-30)42-19-33-12-5-13-41(33)16-22(34)14-33/h1,3-4,6-11,15,22-24,37H,5,12-14,16-19H2/t22-,23?,24?,33+/m1/s1. The second-order valence-corrected chi connectivity index (χ2v) is 11.9. The number of hydrogen-bond donors (Lipinski definition) is 1. The van der Waals surface area contributed by atoms with Gasteiger partial charge < -0.3 is 15.0 Å². The van der Waals surface area contributed by atoms with Gasteiger partial charge in [-0.2, -0.15) is 9.97 Å². The van der Waals surface area contributed by atoms with E-state index in [4.69, 9.17) is 16.1 Å². The first-order valence-electron chi connectivity index (χ1n) is 14.6. The number of ether oxygens (including phenoxy) is 1. The van der Waals surface area contributed by atoms with Gasteiger partial charge in [-0.3, -0.25) is 9.88 Å². The van der Waals surface area contributed by atoms with Crippen molar-refractivity contribution in [1.29, 1.82) is 0 Å². The van der Waals surface area contributed by atoms with Gasteiger partial charge in [0.25, 0.3) is 0 Å². The average molecular weight is 565 g/mol. The Morgan fingerprint density at radius 2 is 1.90 bits per heavy atom. The van der Waals surface area contributed by atoms with Gasteiger partial charge >= 0.3 is 6.01 Å². The van der Waals surface area contributed by atoms with Crippen molar-refractivity contribution in [2.75, 3.05) is 37.7 Å². The topological polar surface area (TPSA) is 66.4 Å². The van der Waals surface area contributed by atoms with E-state index in [-0.39, 0.29) is 41.5 Å². The van der Waals surface area contributed by atoms with Gasteiger partial charge in [0.1, 0.15) is 29.8 Å². The van der Waals surface area contributed by atoms with E-state index < -0.39 is 12.0 Å². The van der Waals surface area contributed by atoms with E-state index in [2.05, 4.69) is 43.2 Å². The van der Waals surface area contributed by atoms with E-state index in [1.807, 2.05) is 36.4 Å². The molecule has 2 aromatic heterocycles. The van der Waals surface area contributed by atoms with Crippen molar-refractivity contribution in [1.82, 2.24) is 25.2 Å². The molecule has 7 nitrogen and oxygen atoms in total. The normalized spacial score (nSPS) is 26.7. The minimum atomic E-state index is -0.870. The van der Waals surface area contributed by atoms with Gasteiger partial charge in [0.15, 0.2) is 5.82 Å². The number of halogens is 2. The largest absolute Gasteiger partial charge is 0.461 e. The van der Waals surface area contributed by atoms with Crippen LogP contribution in [0.1, 0.15) is 24.8 Å². The SMILES string of the molecule is C#Cc1cccc2cccc(-c3ncc4c(N5CC6C=CC(C5)N6)nc(OC[C@@]56CCCN5C[C@H](F)C6)nc4c3F)c12. The first-order valence-corrected chi connectivity index (χ1v) is 14.6. The highest BCUT2D eigenvalue weighted by atomic mass is 19.1. The van der Waals surface area contributed by atoms with Gasteiger partial charge in [-0.15, -0.1) is 6.42 Å². The summed E-state index contributed by atoms with van der Waals surface area (Å²) in [4.78, 5) is 18.4. The van der Waals surface area contributed by atoms with E-state index in [1.54, 1.807) is 6.20 Å². The summed E-state index contributed by atoms with van der Waals surface area (Å²) in [5.74, 6) is 2.77. The predicted molar refractivity (Wildman–Crippen MR) is 159 cm³/mol. The summed E-state index contributed by atoms with van der Waals surface area (Å²) >= 11 is 0. The maximum Gasteiger partial charge on any atom is 0.319 e. The molecule has 3 fully saturated rings. The van der Waals surface area contributed by atoms with Crippen molar-refractivity contribution in [3.05, 3.63) is 66.1 Å². The molecule has 0 aliphatic carbocycles. The third-order valence-corrected chi connectivity index (χ3v) is 9.33. The minimum Gasteiger partial charge on any atom is -0.461 e. The Bertz CT molecular complexity index is 1780. The van der Waals surface area contributed by atoms with Gasteiger partial charge in [0.2, 0.25) is 0 Å². The molecule has 42 heavy (non-hydrogen) atoms. The quantitative estimate of drug-likeness (QED) is 0.280. The van der Waals surface area contributed by atoms with Crippen LogP contribution in [0.3, 0.4) is 0 Å². The molecule has 9 heteroatoms. The first kappa shape index (κ1) is 25.6. The number of benzene rings is 2. The lowest BCUT2D eigenvalue weighted by molar-refractivity contribution is 0.107. The zero-order chi connectivity index (χ0) is 28.4. The molecule has 1 N–H and O–H groups in total. The maximum absolute atomic E-state index is 16.7. The van der Waals surface area contributed by atoms with Gasteiger partial charge in [-0.05, 0) is 30.8 Å². The smallest absolute Gasteiger partial charge is 0.319 e. The summed E-state index contributed by atoms with van der Waals surface area (Å²) in [6.07, 6.45) is 13.2. The van der Waals surface area contributed by atoms with Crippen LogP contribution in [0.5, 0.6) is 6.01 Å². The molecular weight excluding hydrogens is 534 g/mol. The average Bonchev–Trinajstić information content (AvgIpc) is 3.65. The highest BCUT2D eigenvalue weighted by Gasteiger charge is 2.49. The van der Waals surface area contributed by atoms with Gasteiger partial charge in [0, 0.05) is 60.8 Å². The molecule has 4 atom stereocenters. The van der Waals surface area contributed by atoms with Crippen molar-refractivity contribution in [2.24, 2.45) is 0 Å². The zero-order valence-corrected chi connectivity index (χ0v) is 23.1. The fourth-order valence-electron chi connectivity index (χ4n) is 7.43. The Balaban J connectivity index is 1.25. The molecule has 2 bridgehead atoms. The number of nitrogens with one attached hydrogen (secondary N) is 1. The van der Waals surface area contributed by atoms with E-state index in [9.17, 15) is 4.39 Å². The minimum absolute atomic E-state index is 0.0955. The first-order chi connectivity index (χ1) is 20.5. The molecule has 8 rings (SSSR count). The number of terminal acetylenes is 1. The maximum atomic E-state index is 16.7. The lowest BCUT2D eigenvalue weighted by Gasteiger charge is -2.34. The van der Waals surface area contributed by atoms with Crippen molar-refractivity contribution in [2.45, 2.75) is 43.1 Å². The molecule has 0 saturated carbocycles. The molecule has 0 spiro atoms. The van der Waals surface area contributed by atoms with Crippen molar-refractivity contribution >= 4 is 27.5 Å². The van der Waals surface area contributed by atoms with E-state index in [0.717, 1.165) is 30.2 Å². The highest BCUT2D eigenvalue weighted by Crippen LogP contribution is 2.41. The van der Waals surface area contributed by atoms with Crippen LogP contribution in [0.2, 0.25) is 0 Å². The molecule has 2 unspecified atom stereocenters. The molecule has 4 aliphatic heterocycles. The highest BCUT2D eigenvalue weighted by molar-refractivity contribution is 6.02. The lowest BCUT2D eigenvalue weighted by atomic mass is 9.95. The van der Waals surface area contributed by atoms with Crippen LogP contribution in [-0.2, 0) is 0 Å². The van der Waals surface area contributed by atoms with Crippen LogP contribution in [0.25, 0.3) is 32.9 Å². The van der Waals surface area contributed by atoms with Crippen LogP contribution >= 0.6 is 0 Å². The Kier molecular flexibility index (Phi) is 5.92. The van der Waals surface area contributed by atoms with Crippen molar-refractivity contribution in [3.63, 3.8) is 0 Å². The number of piperazine rings is 1. The van der Waals surface area contributed by atoms with Gasteiger partial charge in [0.05, 0.1) is 10.9 Å². The Hall–Kier alpha value is -4.13. The molecule has 212 valence electrons. The summed E-state index contributed by atoms with van der Waals surface area (Å²) in [7, 11) is 0. The monoisotopic (exact) mass is 564 g/mol. The fraction of sp³-hybridized carbons (Fsp3) is 0.364. The third kappa shape index (κ3) is 4.04. The van der Waals surface area contributed by atoms with Crippen LogP contribution in [0.15, 0.2) is 54.7 Å². The fourth-order valence-corrected chi connectivity index (χ4v) is 7.43. The third-order valence-electron chi connectivity index (χ3n) is 9.33. The van der Waals surface area contributed by atoms with Crippen LogP contribution in [0.4, 0.5) is 14.6 Å². The summed E-state index contributed by atoms with van der Waals surface area (Å²) in [5.41, 5.74) is 1.22. The van der Waals surface area contributed by atoms with Crippen molar-refractivity contribution in [3.8, 4) is 29.6 Å². The van der Waals surface area contributed by atoms with Gasteiger partial charge in [-0.25, -0.2) is 8.78 Å². The van der Waals surface area contributed by atoms with E-state index >= 15 is 4.39 Å². The molecule has 0 radical (unpaired) electrons. The Morgan fingerprint density at radius 1 is 1.10 bits per heavy atom. The number of fused-ring (bicyclic) bond motifs is 5. The summed E-state index contributed by atoms with van der Waals surface area (Å²) in [6.45, 7) is 2.91. The van der Waals surface area contributed by atoms with Crippen molar-refractivity contribution < 1.29 is 13.5 Å². The number of hydrogen-bond acceptors (Lipinski definition) is 7. The van der Waals surface area contributed by atoms with Crippen LogP contribution < -0.4 is 15.0 Å². The molecule has 4 aromatic rings. The van der Waals surface area contributed by atoms with E-state index in [0.29, 0.717) is 48.4 Å². The number of pyridine rings is 1. The second kappa shape index (κ2) is 9.72. The number of rotatable bonds is 5. The number of anilines is 1. The molecular formula is C33H30F2N6O. The molecule has 3 saturated heterocycles. The molecule has 4 aliphatic rings. The number of aromatic nitrogens is 3. The lowest BCUT2D eigenvalue weighted by Crippen LogP contribution is -2.52. The Morgan fingerprint density at radius 3 is 2.71 bits per heavy atom. The Labute approximate surface area is 242 Å². The predicted octanol–water partition coefficient (Wildman–Crippen LogP) is 4.64. The van der Waals surface area contributed by atoms with Crippen LogP contribution in [-0.4, -0.2) is 76.4 Å². The molecule has 0 amide bonds.